The molecule has 5 heteroatoms. The summed E-state index contributed by atoms with van der Waals surface area (Å²) in [4.78, 5) is 0. The number of benzene rings is 1. The van der Waals surface area contributed by atoms with Gasteiger partial charge >= 0.3 is 0 Å². The molecule has 96 valence electrons. The van der Waals surface area contributed by atoms with Gasteiger partial charge in [-0.2, -0.15) is 5.10 Å². The third-order valence-corrected chi connectivity index (χ3v) is 3.00. The fourth-order valence-electron chi connectivity index (χ4n) is 1.71. The number of hydrogen-bond donors (Lipinski definition) is 1. The number of aliphatic hydroxyl groups is 1. The van der Waals surface area contributed by atoms with Crippen molar-refractivity contribution in [1.82, 2.24) is 9.78 Å². The molecular weight excluding hydrogens is 255 g/mol. The lowest BCUT2D eigenvalue weighted by molar-refractivity contribution is 0.173. The average Bonchev–Trinajstić information content (AvgIpc) is 2.81. The van der Waals surface area contributed by atoms with Crippen LogP contribution < -0.4 is 0 Å². The van der Waals surface area contributed by atoms with E-state index in [1.807, 2.05) is 6.92 Å². The molecule has 3 nitrogen and oxygen atoms in total. The number of aromatic nitrogens is 2. The molecule has 18 heavy (non-hydrogen) atoms. The highest BCUT2D eigenvalue weighted by molar-refractivity contribution is 6.30. The molecule has 0 saturated heterocycles. The smallest absolute Gasteiger partial charge is 0.128 e. The summed E-state index contributed by atoms with van der Waals surface area (Å²) < 4.78 is 15.1. The van der Waals surface area contributed by atoms with E-state index in [1.165, 1.54) is 12.1 Å². The molecule has 1 aromatic heterocycles. The van der Waals surface area contributed by atoms with Crippen LogP contribution in [0.1, 0.15) is 30.6 Å². The van der Waals surface area contributed by atoms with Crippen molar-refractivity contribution in [3.8, 4) is 0 Å². The van der Waals surface area contributed by atoms with E-state index < -0.39 is 6.10 Å². The van der Waals surface area contributed by atoms with Gasteiger partial charge in [0.2, 0.25) is 0 Å². The number of nitrogens with zero attached hydrogens (tertiary/aromatic N) is 2. The number of aliphatic hydroxyl groups excluding tert-OH is 1. The largest absolute Gasteiger partial charge is 0.388 e. The molecule has 0 fully saturated rings. The zero-order valence-corrected chi connectivity index (χ0v) is 10.7. The Balaban J connectivity index is 2.18. The molecule has 2 rings (SSSR count). The number of rotatable bonds is 4. The average molecular weight is 269 g/mol. The van der Waals surface area contributed by atoms with Crippen LogP contribution >= 0.6 is 11.6 Å². The van der Waals surface area contributed by atoms with Gasteiger partial charge < -0.3 is 5.11 Å². The van der Waals surface area contributed by atoms with Gasteiger partial charge in [0, 0.05) is 22.3 Å². The molecule has 1 unspecified atom stereocenters. The van der Waals surface area contributed by atoms with Crippen LogP contribution in [0.5, 0.6) is 0 Å². The molecular formula is C13H14ClFN2O. The molecule has 1 N–H and O–H groups in total. The van der Waals surface area contributed by atoms with Crippen molar-refractivity contribution in [2.24, 2.45) is 0 Å². The quantitative estimate of drug-likeness (QED) is 0.925. The Morgan fingerprint density at radius 3 is 3.00 bits per heavy atom. The number of halogens is 2. The third kappa shape index (κ3) is 2.89. The van der Waals surface area contributed by atoms with Crippen molar-refractivity contribution in [3.63, 3.8) is 0 Å². The first-order chi connectivity index (χ1) is 8.60. The lowest BCUT2D eigenvalue weighted by atomic mass is 10.1. The summed E-state index contributed by atoms with van der Waals surface area (Å²) in [7, 11) is 0. The van der Waals surface area contributed by atoms with Crippen LogP contribution in [0.4, 0.5) is 4.39 Å². The zero-order valence-electron chi connectivity index (χ0n) is 9.98. The molecule has 0 amide bonds. The topological polar surface area (TPSA) is 38.1 Å². The second kappa shape index (κ2) is 5.50. The number of hydrogen-bond acceptors (Lipinski definition) is 2. The molecule has 2 aromatic rings. The Labute approximate surface area is 110 Å². The van der Waals surface area contributed by atoms with Gasteiger partial charge in [-0.05, 0) is 24.6 Å². The summed E-state index contributed by atoms with van der Waals surface area (Å²) in [6.07, 6.45) is 3.41. The second-order valence-electron chi connectivity index (χ2n) is 4.13. The Morgan fingerprint density at radius 1 is 1.50 bits per heavy atom. The highest BCUT2D eigenvalue weighted by Gasteiger charge is 2.09. The first-order valence-electron chi connectivity index (χ1n) is 5.74. The summed E-state index contributed by atoms with van der Waals surface area (Å²) in [5.41, 5.74) is 1.21. The van der Waals surface area contributed by atoms with Crippen LogP contribution in [0.25, 0.3) is 0 Å². The van der Waals surface area contributed by atoms with Gasteiger partial charge in [-0.3, -0.25) is 4.68 Å². The highest BCUT2D eigenvalue weighted by atomic mass is 35.5. The van der Waals surface area contributed by atoms with Crippen LogP contribution in [-0.2, 0) is 6.54 Å². The van der Waals surface area contributed by atoms with Crippen molar-refractivity contribution in [3.05, 3.63) is 52.6 Å². The normalized spacial score (nSPS) is 12.7. The zero-order chi connectivity index (χ0) is 13.1. The summed E-state index contributed by atoms with van der Waals surface area (Å²) in [6, 6.07) is 4.42. The first-order valence-corrected chi connectivity index (χ1v) is 6.12. The van der Waals surface area contributed by atoms with E-state index in [-0.39, 0.29) is 5.82 Å². The van der Waals surface area contributed by atoms with Gasteiger partial charge in [-0.1, -0.05) is 18.5 Å². The maximum absolute atomic E-state index is 13.5. The van der Waals surface area contributed by atoms with Gasteiger partial charge in [0.05, 0.1) is 18.8 Å². The van der Waals surface area contributed by atoms with Gasteiger partial charge in [0.15, 0.2) is 0 Å². The lowest BCUT2D eigenvalue weighted by Gasteiger charge is -2.05. The predicted molar refractivity (Wildman–Crippen MR) is 68.0 cm³/mol. The molecule has 0 aliphatic rings. The van der Waals surface area contributed by atoms with E-state index in [9.17, 15) is 9.50 Å². The predicted octanol–water partition coefficient (Wildman–Crippen LogP) is 3.17. The van der Waals surface area contributed by atoms with Crippen molar-refractivity contribution in [1.29, 1.82) is 0 Å². The van der Waals surface area contributed by atoms with Crippen LogP contribution in [0.3, 0.4) is 0 Å². The van der Waals surface area contributed by atoms with E-state index in [0.717, 1.165) is 5.56 Å². The van der Waals surface area contributed by atoms with E-state index in [2.05, 4.69) is 5.10 Å². The Morgan fingerprint density at radius 2 is 2.28 bits per heavy atom. The van der Waals surface area contributed by atoms with Crippen LogP contribution in [-0.4, -0.2) is 14.9 Å². The van der Waals surface area contributed by atoms with Crippen molar-refractivity contribution in [2.45, 2.75) is 26.0 Å². The highest BCUT2D eigenvalue weighted by Crippen LogP contribution is 2.18. The van der Waals surface area contributed by atoms with Crippen molar-refractivity contribution >= 4 is 11.6 Å². The van der Waals surface area contributed by atoms with Gasteiger partial charge in [-0.25, -0.2) is 4.39 Å². The van der Waals surface area contributed by atoms with Crippen LogP contribution in [0.2, 0.25) is 5.02 Å². The fourth-order valence-corrected chi connectivity index (χ4v) is 1.91. The molecule has 0 aliphatic carbocycles. The molecule has 1 atom stereocenters. The fraction of sp³-hybridized carbons (Fsp3) is 0.308. The summed E-state index contributed by atoms with van der Waals surface area (Å²) in [5.74, 6) is -0.313. The SMILES string of the molecule is CCC(O)c1cnn(Cc2cc(Cl)ccc2F)c1. The lowest BCUT2D eigenvalue weighted by Crippen LogP contribution is -2.02. The molecule has 0 spiro atoms. The van der Waals surface area contributed by atoms with E-state index >= 15 is 0 Å². The van der Waals surface area contributed by atoms with E-state index in [4.69, 9.17) is 11.6 Å². The summed E-state index contributed by atoms with van der Waals surface area (Å²) >= 11 is 5.82. The van der Waals surface area contributed by atoms with Crippen molar-refractivity contribution < 1.29 is 9.50 Å². The Kier molecular flexibility index (Phi) is 3.99. The minimum atomic E-state index is -0.525. The van der Waals surface area contributed by atoms with Gasteiger partial charge in [0.1, 0.15) is 5.82 Å². The minimum absolute atomic E-state index is 0.294. The van der Waals surface area contributed by atoms with Gasteiger partial charge in [-0.15, -0.1) is 0 Å². The second-order valence-corrected chi connectivity index (χ2v) is 4.57. The molecule has 1 aromatic carbocycles. The van der Waals surface area contributed by atoms with Gasteiger partial charge in [0.25, 0.3) is 0 Å². The Hall–Kier alpha value is -1.39. The summed E-state index contributed by atoms with van der Waals surface area (Å²) in [5, 5.41) is 14.3. The Bertz CT molecular complexity index is 542. The third-order valence-electron chi connectivity index (χ3n) is 2.76. The molecule has 0 bridgehead atoms. The maximum Gasteiger partial charge on any atom is 0.128 e. The van der Waals surface area contributed by atoms with E-state index in [1.54, 1.807) is 23.1 Å². The maximum atomic E-state index is 13.5. The molecule has 0 aliphatic heterocycles. The monoisotopic (exact) mass is 268 g/mol. The van der Waals surface area contributed by atoms with Crippen molar-refractivity contribution in [2.75, 3.05) is 0 Å². The van der Waals surface area contributed by atoms with Crippen LogP contribution in [0.15, 0.2) is 30.6 Å². The summed E-state index contributed by atoms with van der Waals surface area (Å²) in [6.45, 7) is 2.18. The molecule has 1 heterocycles. The molecule has 0 radical (unpaired) electrons. The first kappa shape index (κ1) is 13.1. The van der Waals surface area contributed by atoms with Crippen LogP contribution in [0, 0.1) is 5.82 Å². The standard InChI is InChI=1S/C13H14ClFN2O/c1-2-13(18)10-6-16-17(8-10)7-9-5-11(14)3-4-12(9)15/h3-6,8,13,18H,2,7H2,1H3. The minimum Gasteiger partial charge on any atom is -0.388 e. The molecule has 0 saturated carbocycles. The van der Waals surface area contributed by atoms with E-state index in [0.29, 0.717) is 23.6 Å².